The van der Waals surface area contributed by atoms with Gasteiger partial charge >= 0.3 is 0 Å². The van der Waals surface area contributed by atoms with Crippen LogP contribution in [-0.4, -0.2) is 21.7 Å². The maximum Gasteiger partial charge on any atom is 0.277 e. The van der Waals surface area contributed by atoms with E-state index in [2.05, 4.69) is 15.8 Å². The molecular weight excluding hydrogens is 349 g/mol. The van der Waals surface area contributed by atoms with Gasteiger partial charge in [-0.1, -0.05) is 6.07 Å². The molecule has 2 aromatic carbocycles. The van der Waals surface area contributed by atoms with E-state index < -0.39 is 34.8 Å². The third-order valence-electron chi connectivity index (χ3n) is 3.33. The fourth-order valence-corrected chi connectivity index (χ4v) is 2.11. The van der Waals surface area contributed by atoms with Crippen LogP contribution in [0.3, 0.4) is 0 Å². The summed E-state index contributed by atoms with van der Waals surface area (Å²) in [5.41, 5.74) is 1.66. The van der Waals surface area contributed by atoms with Crippen LogP contribution in [0.1, 0.15) is 20.8 Å². The van der Waals surface area contributed by atoms with Crippen molar-refractivity contribution in [3.05, 3.63) is 83.4 Å². The number of nitrogens with zero attached hydrogens (tertiary/aromatic N) is 2. The Bertz CT molecular complexity index is 950. The van der Waals surface area contributed by atoms with Crippen LogP contribution in [0.15, 0.2) is 54.7 Å². The number of carbonyl (C=O) groups is 2. The highest BCUT2D eigenvalue weighted by Crippen LogP contribution is 2.12. The van der Waals surface area contributed by atoms with Crippen molar-refractivity contribution in [2.45, 2.75) is 0 Å². The first-order valence-electron chi connectivity index (χ1n) is 7.32. The Balaban J connectivity index is 1.70. The number of hydrogen-bond donors (Lipinski definition) is 2. The normalized spacial score (nSPS) is 10.4. The Morgan fingerprint density at radius 2 is 1.54 bits per heavy atom. The highest BCUT2D eigenvalue weighted by molar-refractivity contribution is 6.03. The van der Waals surface area contributed by atoms with Gasteiger partial charge in [-0.05, 0) is 42.5 Å². The van der Waals surface area contributed by atoms with Crippen LogP contribution in [0, 0.1) is 17.5 Å². The minimum atomic E-state index is -1.06. The maximum absolute atomic E-state index is 13.6. The van der Waals surface area contributed by atoms with E-state index in [9.17, 15) is 22.8 Å². The van der Waals surface area contributed by atoms with E-state index in [1.165, 1.54) is 36.5 Å². The zero-order valence-electron chi connectivity index (χ0n) is 13.0. The lowest BCUT2D eigenvalue weighted by Gasteiger charge is -2.06. The van der Waals surface area contributed by atoms with Gasteiger partial charge in [-0.2, -0.15) is 4.79 Å². The first kappa shape index (κ1) is 17.2. The summed E-state index contributed by atoms with van der Waals surface area (Å²) < 4.78 is 40.0. The van der Waals surface area contributed by atoms with E-state index in [-0.39, 0.29) is 5.69 Å². The number of benzene rings is 2. The molecule has 0 radical (unpaired) electrons. The van der Waals surface area contributed by atoms with Crippen molar-refractivity contribution in [3.8, 4) is 0 Å². The van der Waals surface area contributed by atoms with Gasteiger partial charge in [0, 0.05) is 11.9 Å². The number of rotatable bonds is 4. The number of carbonyl (C=O) groups excluding carboxylic acids is 2. The van der Waals surface area contributed by atoms with Gasteiger partial charge in [-0.15, -0.1) is 5.10 Å². The lowest BCUT2D eigenvalue weighted by molar-refractivity contribution is 0.0988. The Kier molecular flexibility index (Phi) is 4.70. The third kappa shape index (κ3) is 3.72. The van der Waals surface area contributed by atoms with Gasteiger partial charge in [-0.3, -0.25) is 9.59 Å². The van der Waals surface area contributed by atoms with Gasteiger partial charge in [-0.25, -0.2) is 18.6 Å². The monoisotopic (exact) mass is 360 g/mol. The Morgan fingerprint density at radius 3 is 2.19 bits per heavy atom. The van der Waals surface area contributed by atoms with E-state index in [1.54, 1.807) is 0 Å². The quantitative estimate of drug-likeness (QED) is 0.751. The molecule has 3 rings (SSSR count). The molecule has 1 heterocycles. The number of aromatic nitrogens is 2. The van der Waals surface area contributed by atoms with Gasteiger partial charge in [0.2, 0.25) is 0 Å². The van der Waals surface area contributed by atoms with Gasteiger partial charge in [0.25, 0.3) is 11.8 Å². The van der Waals surface area contributed by atoms with Crippen LogP contribution in [-0.2, 0) is 0 Å². The second-order valence-corrected chi connectivity index (χ2v) is 5.14. The topological polar surface area (TPSA) is 76.0 Å². The number of nitrogens with one attached hydrogen (secondary N) is 2. The predicted octanol–water partition coefficient (Wildman–Crippen LogP) is 2.94. The van der Waals surface area contributed by atoms with Crippen molar-refractivity contribution >= 4 is 17.5 Å². The Labute approximate surface area is 145 Å². The first-order valence-corrected chi connectivity index (χ1v) is 7.32. The SMILES string of the molecule is O=C(Nc1ccc(F)cc1)c1ccn(NC(=O)c2c(F)cccc2F)n1. The fourth-order valence-electron chi connectivity index (χ4n) is 2.11. The van der Waals surface area contributed by atoms with Crippen molar-refractivity contribution in [1.82, 2.24) is 9.89 Å². The lowest BCUT2D eigenvalue weighted by Crippen LogP contribution is -2.26. The molecule has 1 aromatic heterocycles. The third-order valence-corrected chi connectivity index (χ3v) is 3.33. The molecule has 0 aliphatic heterocycles. The molecule has 0 saturated carbocycles. The summed E-state index contributed by atoms with van der Waals surface area (Å²) in [5.74, 6) is -4.17. The number of amides is 2. The van der Waals surface area contributed by atoms with Crippen molar-refractivity contribution in [1.29, 1.82) is 0 Å². The van der Waals surface area contributed by atoms with Crippen molar-refractivity contribution in [2.24, 2.45) is 0 Å². The molecule has 0 bridgehead atoms. The van der Waals surface area contributed by atoms with Gasteiger partial charge < -0.3 is 5.32 Å². The molecule has 0 aliphatic carbocycles. The molecule has 26 heavy (non-hydrogen) atoms. The predicted molar refractivity (Wildman–Crippen MR) is 86.6 cm³/mol. The number of hydrogen-bond acceptors (Lipinski definition) is 3. The number of halogens is 3. The van der Waals surface area contributed by atoms with Crippen molar-refractivity contribution in [3.63, 3.8) is 0 Å². The van der Waals surface area contributed by atoms with E-state index in [0.717, 1.165) is 23.0 Å². The number of anilines is 1. The highest BCUT2D eigenvalue weighted by Gasteiger charge is 2.18. The molecule has 0 atom stereocenters. The second kappa shape index (κ2) is 7.09. The van der Waals surface area contributed by atoms with Crippen LogP contribution in [0.2, 0.25) is 0 Å². The first-order chi connectivity index (χ1) is 12.4. The van der Waals surface area contributed by atoms with Crippen LogP contribution in [0.25, 0.3) is 0 Å². The molecule has 0 spiro atoms. The van der Waals surface area contributed by atoms with Crippen molar-refractivity contribution < 1.29 is 22.8 Å². The maximum atomic E-state index is 13.6. The van der Waals surface area contributed by atoms with E-state index >= 15 is 0 Å². The van der Waals surface area contributed by atoms with Crippen LogP contribution < -0.4 is 10.7 Å². The van der Waals surface area contributed by atoms with Crippen LogP contribution in [0.5, 0.6) is 0 Å². The summed E-state index contributed by atoms with van der Waals surface area (Å²) in [5, 5.41) is 6.29. The minimum Gasteiger partial charge on any atom is -0.321 e. The van der Waals surface area contributed by atoms with Gasteiger partial charge in [0.05, 0.1) is 0 Å². The summed E-state index contributed by atoms with van der Waals surface area (Å²) >= 11 is 0. The van der Waals surface area contributed by atoms with Gasteiger partial charge in [0.15, 0.2) is 5.69 Å². The molecule has 2 amide bonds. The summed E-state index contributed by atoms with van der Waals surface area (Å²) in [6, 6.07) is 9.41. The zero-order valence-corrected chi connectivity index (χ0v) is 13.0. The fraction of sp³-hybridized carbons (Fsp3) is 0. The largest absolute Gasteiger partial charge is 0.321 e. The second-order valence-electron chi connectivity index (χ2n) is 5.14. The van der Waals surface area contributed by atoms with Crippen LogP contribution >= 0.6 is 0 Å². The standard InChI is InChI=1S/C17H11F3N4O2/c18-10-4-6-11(7-5-10)21-16(25)14-8-9-24(22-14)23-17(26)15-12(19)2-1-3-13(15)20/h1-9H,(H,21,25)(H,23,26). The summed E-state index contributed by atoms with van der Waals surface area (Å²) in [7, 11) is 0. The molecule has 6 nitrogen and oxygen atoms in total. The molecule has 0 saturated heterocycles. The van der Waals surface area contributed by atoms with E-state index in [1.807, 2.05) is 0 Å². The van der Waals surface area contributed by atoms with E-state index in [0.29, 0.717) is 5.69 Å². The summed E-state index contributed by atoms with van der Waals surface area (Å²) in [6.45, 7) is 0. The Morgan fingerprint density at radius 1 is 0.885 bits per heavy atom. The summed E-state index contributed by atoms with van der Waals surface area (Å²) in [4.78, 5) is 24.9. The van der Waals surface area contributed by atoms with E-state index in [4.69, 9.17) is 0 Å². The lowest BCUT2D eigenvalue weighted by atomic mass is 10.2. The smallest absolute Gasteiger partial charge is 0.277 e. The molecule has 0 aliphatic rings. The molecular formula is C17H11F3N4O2. The Hall–Kier alpha value is -3.62. The highest BCUT2D eigenvalue weighted by atomic mass is 19.1. The zero-order chi connectivity index (χ0) is 18.7. The van der Waals surface area contributed by atoms with Gasteiger partial charge in [0.1, 0.15) is 23.0 Å². The molecule has 3 aromatic rings. The average Bonchev–Trinajstić information content (AvgIpc) is 3.05. The average molecular weight is 360 g/mol. The summed E-state index contributed by atoms with van der Waals surface area (Å²) in [6.07, 6.45) is 1.23. The minimum absolute atomic E-state index is 0.0661. The molecule has 132 valence electrons. The molecule has 2 N–H and O–H groups in total. The van der Waals surface area contributed by atoms with Crippen LogP contribution in [0.4, 0.5) is 18.9 Å². The molecule has 9 heteroatoms. The molecule has 0 unspecified atom stereocenters. The van der Waals surface area contributed by atoms with Crippen molar-refractivity contribution in [2.75, 3.05) is 10.7 Å². The molecule has 0 fully saturated rings.